The first kappa shape index (κ1) is 23.0. The Morgan fingerprint density at radius 3 is 2.53 bits per heavy atom. The van der Waals surface area contributed by atoms with Crippen molar-refractivity contribution in [2.45, 2.75) is 19.5 Å². The van der Waals surface area contributed by atoms with Gasteiger partial charge in [-0.1, -0.05) is 12.1 Å². The molecule has 1 aromatic heterocycles. The molecule has 1 aliphatic rings. The van der Waals surface area contributed by atoms with Gasteiger partial charge in [-0.05, 0) is 55.0 Å². The van der Waals surface area contributed by atoms with Gasteiger partial charge in [0.05, 0.1) is 50.8 Å². The molecule has 1 unspecified atom stereocenters. The number of likely N-dealkylation sites (tertiary alicyclic amines) is 1. The van der Waals surface area contributed by atoms with Gasteiger partial charge >= 0.3 is 0 Å². The Kier molecular flexibility index (Phi) is 6.58. The number of amides is 1. The van der Waals surface area contributed by atoms with Crippen LogP contribution in [0.5, 0.6) is 17.2 Å². The molecule has 0 bridgehead atoms. The Bertz CT molecular complexity index is 1230. The number of ether oxygens (including phenoxy) is 3. The van der Waals surface area contributed by atoms with Gasteiger partial charge in [-0.25, -0.2) is 0 Å². The number of benzene rings is 2. The first-order valence-corrected chi connectivity index (χ1v) is 10.7. The standard InChI is InChI=1S/C26H25NO7/c1-4-33-18-8-5-7-16(13-18)23-22(24(28)20-14-17(31-2)10-11-21(20)32-3)25(29)26(30)27(23)15-19-9-6-12-34-19/h5-14,23,28H,4,15H2,1-3H3/b24-22+. The van der Waals surface area contributed by atoms with E-state index in [0.29, 0.717) is 35.2 Å². The van der Waals surface area contributed by atoms with Gasteiger partial charge < -0.3 is 28.6 Å². The lowest BCUT2D eigenvalue weighted by atomic mass is 9.94. The Morgan fingerprint density at radius 2 is 1.85 bits per heavy atom. The van der Waals surface area contributed by atoms with E-state index in [1.807, 2.05) is 6.92 Å². The fourth-order valence-corrected chi connectivity index (χ4v) is 4.05. The molecule has 1 N–H and O–H groups in total. The number of furan rings is 1. The second kappa shape index (κ2) is 9.74. The Hall–Kier alpha value is -4.20. The lowest BCUT2D eigenvalue weighted by molar-refractivity contribution is -0.140. The zero-order valence-electron chi connectivity index (χ0n) is 19.1. The number of rotatable bonds is 8. The molecule has 1 fully saturated rings. The summed E-state index contributed by atoms with van der Waals surface area (Å²) in [6.45, 7) is 2.37. The molecule has 0 aliphatic carbocycles. The highest BCUT2D eigenvalue weighted by molar-refractivity contribution is 6.46. The SMILES string of the molecule is CCOc1cccc(C2/C(=C(\O)c3cc(OC)ccc3OC)C(=O)C(=O)N2Cc2ccco2)c1. The first-order valence-electron chi connectivity index (χ1n) is 10.7. The first-order chi connectivity index (χ1) is 16.5. The van der Waals surface area contributed by atoms with Crippen molar-refractivity contribution < 1.29 is 33.3 Å². The van der Waals surface area contributed by atoms with Crippen LogP contribution in [0.1, 0.15) is 29.9 Å². The number of Topliss-reactive ketones (excluding diaryl/α,β-unsaturated/α-hetero) is 1. The number of methoxy groups -OCH3 is 2. The molecule has 0 radical (unpaired) electrons. The summed E-state index contributed by atoms with van der Waals surface area (Å²) in [5.74, 6) is -0.0241. The maximum atomic E-state index is 13.3. The summed E-state index contributed by atoms with van der Waals surface area (Å²) in [7, 11) is 2.95. The summed E-state index contributed by atoms with van der Waals surface area (Å²) in [6, 6.07) is 14.5. The van der Waals surface area contributed by atoms with E-state index < -0.39 is 17.7 Å². The topological polar surface area (TPSA) is 98.4 Å². The molecule has 2 heterocycles. The molecule has 1 atom stereocenters. The molecule has 176 valence electrons. The Morgan fingerprint density at radius 1 is 1.03 bits per heavy atom. The Balaban J connectivity index is 1.91. The molecular weight excluding hydrogens is 438 g/mol. The highest BCUT2D eigenvalue weighted by Crippen LogP contribution is 2.43. The van der Waals surface area contributed by atoms with Crippen LogP contribution in [0.2, 0.25) is 0 Å². The largest absolute Gasteiger partial charge is 0.507 e. The van der Waals surface area contributed by atoms with Crippen LogP contribution in [0.15, 0.2) is 70.9 Å². The van der Waals surface area contributed by atoms with E-state index >= 15 is 0 Å². The number of aliphatic hydroxyl groups is 1. The second-order valence-corrected chi connectivity index (χ2v) is 7.58. The van der Waals surface area contributed by atoms with E-state index in [9.17, 15) is 14.7 Å². The van der Waals surface area contributed by atoms with E-state index in [2.05, 4.69) is 0 Å². The van der Waals surface area contributed by atoms with E-state index in [1.54, 1.807) is 54.6 Å². The number of nitrogens with zero attached hydrogens (tertiary/aromatic N) is 1. The summed E-state index contributed by atoms with van der Waals surface area (Å²) in [5, 5.41) is 11.4. The number of ketones is 1. The minimum Gasteiger partial charge on any atom is -0.507 e. The minimum atomic E-state index is -0.874. The number of aliphatic hydroxyl groups excluding tert-OH is 1. The van der Waals surface area contributed by atoms with Crippen LogP contribution in [-0.4, -0.2) is 42.5 Å². The number of hydrogen-bond acceptors (Lipinski definition) is 7. The van der Waals surface area contributed by atoms with Crippen LogP contribution in [0.25, 0.3) is 5.76 Å². The molecule has 8 nitrogen and oxygen atoms in total. The molecule has 1 amide bonds. The number of carbonyl (C=O) groups is 2. The predicted octanol–water partition coefficient (Wildman–Crippen LogP) is 4.32. The van der Waals surface area contributed by atoms with Gasteiger partial charge in [-0.3, -0.25) is 9.59 Å². The van der Waals surface area contributed by atoms with Crippen molar-refractivity contribution in [1.29, 1.82) is 0 Å². The van der Waals surface area contributed by atoms with Gasteiger partial charge in [-0.2, -0.15) is 0 Å². The second-order valence-electron chi connectivity index (χ2n) is 7.58. The molecular formula is C26H25NO7. The van der Waals surface area contributed by atoms with Crippen LogP contribution in [0.3, 0.4) is 0 Å². The molecule has 2 aromatic carbocycles. The molecule has 1 aliphatic heterocycles. The highest BCUT2D eigenvalue weighted by atomic mass is 16.5. The van der Waals surface area contributed by atoms with Gasteiger partial charge in [0.1, 0.15) is 28.8 Å². The van der Waals surface area contributed by atoms with Crippen molar-refractivity contribution in [3.05, 3.63) is 83.3 Å². The average Bonchev–Trinajstić information content (AvgIpc) is 3.46. The van der Waals surface area contributed by atoms with Crippen molar-refractivity contribution in [3.63, 3.8) is 0 Å². The summed E-state index contributed by atoms with van der Waals surface area (Å²) < 4.78 is 21.7. The molecule has 4 rings (SSSR count). The third-order valence-electron chi connectivity index (χ3n) is 5.59. The van der Waals surface area contributed by atoms with Gasteiger partial charge in [0, 0.05) is 0 Å². The van der Waals surface area contributed by atoms with Gasteiger partial charge in [0.15, 0.2) is 0 Å². The third-order valence-corrected chi connectivity index (χ3v) is 5.59. The van der Waals surface area contributed by atoms with Gasteiger partial charge in [0.2, 0.25) is 0 Å². The van der Waals surface area contributed by atoms with E-state index in [4.69, 9.17) is 18.6 Å². The summed E-state index contributed by atoms with van der Waals surface area (Å²) in [5.41, 5.74) is 0.792. The van der Waals surface area contributed by atoms with E-state index in [1.165, 1.54) is 25.4 Å². The van der Waals surface area contributed by atoms with Crippen LogP contribution in [0, 0.1) is 0 Å². The lowest BCUT2D eigenvalue weighted by Gasteiger charge is -2.25. The summed E-state index contributed by atoms with van der Waals surface area (Å²) in [4.78, 5) is 27.8. The minimum absolute atomic E-state index is 0.0487. The fourth-order valence-electron chi connectivity index (χ4n) is 4.05. The highest BCUT2D eigenvalue weighted by Gasteiger charge is 2.46. The quantitative estimate of drug-likeness (QED) is 0.302. The monoisotopic (exact) mass is 463 g/mol. The maximum Gasteiger partial charge on any atom is 0.296 e. The summed E-state index contributed by atoms with van der Waals surface area (Å²) in [6.07, 6.45) is 1.50. The van der Waals surface area contributed by atoms with Crippen LogP contribution in [-0.2, 0) is 16.1 Å². The van der Waals surface area contributed by atoms with Gasteiger partial charge in [0.25, 0.3) is 11.7 Å². The lowest BCUT2D eigenvalue weighted by Crippen LogP contribution is -2.29. The molecule has 0 saturated carbocycles. The normalized spacial score (nSPS) is 17.1. The van der Waals surface area contributed by atoms with E-state index in [0.717, 1.165) is 0 Å². The predicted molar refractivity (Wildman–Crippen MR) is 124 cm³/mol. The van der Waals surface area contributed by atoms with Gasteiger partial charge in [-0.15, -0.1) is 0 Å². The molecule has 34 heavy (non-hydrogen) atoms. The van der Waals surface area contributed by atoms with Crippen molar-refractivity contribution in [3.8, 4) is 17.2 Å². The van der Waals surface area contributed by atoms with Crippen LogP contribution in [0.4, 0.5) is 0 Å². The smallest absolute Gasteiger partial charge is 0.296 e. The van der Waals surface area contributed by atoms with Crippen LogP contribution >= 0.6 is 0 Å². The number of carbonyl (C=O) groups excluding carboxylic acids is 2. The summed E-state index contributed by atoms with van der Waals surface area (Å²) >= 11 is 0. The van der Waals surface area contributed by atoms with Crippen molar-refractivity contribution in [2.75, 3.05) is 20.8 Å². The zero-order valence-corrected chi connectivity index (χ0v) is 19.1. The van der Waals surface area contributed by atoms with E-state index in [-0.39, 0.29) is 23.4 Å². The molecule has 0 spiro atoms. The molecule has 8 heteroatoms. The molecule has 3 aromatic rings. The number of hydrogen-bond donors (Lipinski definition) is 1. The fraction of sp³-hybridized carbons (Fsp3) is 0.231. The van der Waals surface area contributed by atoms with Crippen molar-refractivity contribution in [2.24, 2.45) is 0 Å². The average molecular weight is 463 g/mol. The molecule has 1 saturated heterocycles. The van der Waals surface area contributed by atoms with Crippen molar-refractivity contribution in [1.82, 2.24) is 4.90 Å². The van der Waals surface area contributed by atoms with Crippen molar-refractivity contribution >= 4 is 17.4 Å². The third kappa shape index (κ3) is 4.22. The maximum absolute atomic E-state index is 13.3. The Labute approximate surface area is 197 Å². The zero-order chi connectivity index (χ0) is 24.2. The van der Waals surface area contributed by atoms with Crippen LogP contribution < -0.4 is 14.2 Å².